The number of aliphatic carboxylic acids is 1. The van der Waals surface area contributed by atoms with Crippen LogP contribution in [0.15, 0.2) is 43.0 Å². The molecular weight excluding hydrogens is 332 g/mol. The third-order valence-electron chi connectivity index (χ3n) is 4.61. The van der Waals surface area contributed by atoms with E-state index < -0.39 is 18.1 Å². The van der Waals surface area contributed by atoms with Crippen molar-refractivity contribution in [2.24, 2.45) is 5.92 Å². The van der Waals surface area contributed by atoms with E-state index in [2.05, 4.69) is 6.58 Å². The second-order valence-electron chi connectivity index (χ2n) is 6.96. The first kappa shape index (κ1) is 19.7. The average Bonchev–Trinajstić information content (AvgIpc) is 2.61. The molecule has 140 valence electrons. The maximum absolute atomic E-state index is 13.1. The van der Waals surface area contributed by atoms with E-state index in [0.717, 1.165) is 5.56 Å². The highest BCUT2D eigenvalue weighted by atomic mass is 16.4. The van der Waals surface area contributed by atoms with Crippen molar-refractivity contribution in [2.75, 3.05) is 13.1 Å². The molecule has 1 aromatic rings. The molecule has 1 N–H and O–H groups in total. The van der Waals surface area contributed by atoms with Crippen molar-refractivity contribution in [2.45, 2.75) is 38.8 Å². The summed E-state index contributed by atoms with van der Waals surface area (Å²) in [5.41, 5.74) is 0.859. The molecule has 1 aromatic carbocycles. The van der Waals surface area contributed by atoms with E-state index in [-0.39, 0.29) is 30.7 Å². The fourth-order valence-corrected chi connectivity index (χ4v) is 3.34. The molecule has 1 fully saturated rings. The largest absolute Gasteiger partial charge is 0.480 e. The molecule has 1 saturated heterocycles. The Kier molecular flexibility index (Phi) is 6.55. The molecule has 0 radical (unpaired) electrons. The van der Waals surface area contributed by atoms with Crippen LogP contribution in [-0.2, 0) is 20.8 Å². The molecular formula is C20H26N2O4. The van der Waals surface area contributed by atoms with Gasteiger partial charge in [-0.3, -0.25) is 9.59 Å². The number of carboxylic acids is 1. The summed E-state index contributed by atoms with van der Waals surface area (Å²) in [6, 6.07) is 7.67. The quantitative estimate of drug-likeness (QED) is 0.756. The summed E-state index contributed by atoms with van der Waals surface area (Å²) in [6.45, 7) is 7.97. The molecule has 1 aliphatic heterocycles. The number of hydrogen-bond donors (Lipinski definition) is 1. The molecule has 1 aliphatic rings. The number of carboxylic acid groups (broad SMARTS) is 1. The third-order valence-corrected chi connectivity index (χ3v) is 4.61. The summed E-state index contributed by atoms with van der Waals surface area (Å²) in [5, 5.41) is 9.70. The van der Waals surface area contributed by atoms with Gasteiger partial charge in [-0.15, -0.1) is 0 Å². The molecule has 0 aromatic heterocycles. The minimum absolute atomic E-state index is 0.196. The van der Waals surface area contributed by atoms with Gasteiger partial charge in [0.1, 0.15) is 12.1 Å². The van der Waals surface area contributed by atoms with Crippen LogP contribution in [0, 0.1) is 5.92 Å². The van der Waals surface area contributed by atoms with Crippen molar-refractivity contribution in [3.8, 4) is 0 Å². The highest BCUT2D eigenvalue weighted by molar-refractivity contribution is 5.95. The molecule has 0 unspecified atom stereocenters. The van der Waals surface area contributed by atoms with Crippen LogP contribution in [0.1, 0.15) is 25.8 Å². The van der Waals surface area contributed by atoms with Gasteiger partial charge in [0.05, 0.1) is 0 Å². The van der Waals surface area contributed by atoms with Gasteiger partial charge in [0.25, 0.3) is 0 Å². The fourth-order valence-electron chi connectivity index (χ4n) is 3.34. The maximum atomic E-state index is 13.1. The lowest BCUT2D eigenvalue weighted by atomic mass is 9.96. The van der Waals surface area contributed by atoms with Crippen LogP contribution in [0.2, 0.25) is 0 Å². The first-order chi connectivity index (χ1) is 12.3. The van der Waals surface area contributed by atoms with Gasteiger partial charge < -0.3 is 14.9 Å². The zero-order valence-corrected chi connectivity index (χ0v) is 15.3. The molecule has 6 nitrogen and oxygen atoms in total. The fraction of sp³-hybridized carbons (Fsp3) is 0.450. The van der Waals surface area contributed by atoms with Crippen molar-refractivity contribution in [3.63, 3.8) is 0 Å². The van der Waals surface area contributed by atoms with Crippen molar-refractivity contribution < 1.29 is 19.5 Å². The molecule has 0 bridgehead atoms. The molecule has 0 saturated carbocycles. The zero-order valence-electron chi connectivity index (χ0n) is 15.3. The minimum Gasteiger partial charge on any atom is -0.480 e. The number of piperazine rings is 1. The molecule has 26 heavy (non-hydrogen) atoms. The first-order valence-electron chi connectivity index (χ1n) is 8.85. The van der Waals surface area contributed by atoms with Crippen LogP contribution in [0.3, 0.4) is 0 Å². The molecule has 0 aliphatic carbocycles. The van der Waals surface area contributed by atoms with Gasteiger partial charge in [0, 0.05) is 19.5 Å². The van der Waals surface area contributed by atoms with Gasteiger partial charge in [0.15, 0.2) is 0 Å². The summed E-state index contributed by atoms with van der Waals surface area (Å²) in [4.78, 5) is 40.0. The Labute approximate surface area is 154 Å². The van der Waals surface area contributed by atoms with Crippen LogP contribution in [-0.4, -0.2) is 57.9 Å². The normalized spacial score (nSPS) is 18.7. The van der Waals surface area contributed by atoms with Crippen LogP contribution < -0.4 is 0 Å². The van der Waals surface area contributed by atoms with Crippen LogP contribution in [0.4, 0.5) is 0 Å². The summed E-state index contributed by atoms with van der Waals surface area (Å²) in [5.74, 6) is -1.43. The minimum atomic E-state index is -1.03. The second kappa shape index (κ2) is 8.65. The van der Waals surface area contributed by atoms with E-state index >= 15 is 0 Å². The zero-order chi connectivity index (χ0) is 19.3. The topological polar surface area (TPSA) is 77.9 Å². The predicted molar refractivity (Wildman–Crippen MR) is 98.4 cm³/mol. The van der Waals surface area contributed by atoms with E-state index in [4.69, 9.17) is 0 Å². The molecule has 2 atom stereocenters. The van der Waals surface area contributed by atoms with Gasteiger partial charge in [0.2, 0.25) is 11.8 Å². The Morgan fingerprint density at radius 1 is 1.27 bits per heavy atom. The van der Waals surface area contributed by atoms with Crippen molar-refractivity contribution >= 4 is 17.8 Å². The standard InChI is InChI=1S/C20H26N2O4/c1-4-18(23)21-10-11-22(19(24)16(21)12-14(2)3)17(20(25)26)13-15-8-6-5-7-9-15/h4-9,14,16-17H,1,10-13H2,2-3H3,(H,25,26)/t16-,17-/m0/s1. The highest BCUT2D eigenvalue weighted by Crippen LogP contribution is 2.22. The Bertz CT molecular complexity index is 672. The van der Waals surface area contributed by atoms with Gasteiger partial charge in [-0.2, -0.15) is 0 Å². The van der Waals surface area contributed by atoms with E-state index in [0.29, 0.717) is 13.0 Å². The predicted octanol–water partition coefficient (Wildman–Crippen LogP) is 1.95. The van der Waals surface area contributed by atoms with Crippen LogP contribution in [0.25, 0.3) is 0 Å². The number of rotatable bonds is 7. The summed E-state index contributed by atoms with van der Waals surface area (Å²) in [6.07, 6.45) is 1.94. The Hall–Kier alpha value is -2.63. The molecule has 1 heterocycles. The molecule has 2 amide bonds. The number of carbonyl (C=O) groups excluding carboxylic acids is 2. The Morgan fingerprint density at radius 2 is 1.92 bits per heavy atom. The average molecular weight is 358 g/mol. The number of amides is 2. The van der Waals surface area contributed by atoms with Crippen LogP contribution >= 0.6 is 0 Å². The SMILES string of the molecule is C=CC(=O)N1CCN([C@@H](Cc2ccccc2)C(=O)O)C(=O)[C@@H]1CC(C)C. The van der Waals surface area contributed by atoms with Crippen LogP contribution in [0.5, 0.6) is 0 Å². The second-order valence-corrected chi connectivity index (χ2v) is 6.96. The van der Waals surface area contributed by atoms with Crippen molar-refractivity contribution in [1.29, 1.82) is 0 Å². The lowest BCUT2D eigenvalue weighted by Gasteiger charge is -2.43. The Morgan fingerprint density at radius 3 is 2.46 bits per heavy atom. The molecule has 2 rings (SSSR count). The van der Waals surface area contributed by atoms with Gasteiger partial charge in [-0.25, -0.2) is 4.79 Å². The summed E-state index contributed by atoms with van der Waals surface area (Å²) in [7, 11) is 0. The van der Waals surface area contributed by atoms with E-state index in [1.165, 1.54) is 15.9 Å². The number of nitrogens with zero attached hydrogens (tertiary/aromatic N) is 2. The Balaban J connectivity index is 2.26. The monoisotopic (exact) mass is 358 g/mol. The highest BCUT2D eigenvalue weighted by Gasteiger charge is 2.41. The van der Waals surface area contributed by atoms with Gasteiger partial charge in [-0.05, 0) is 24.0 Å². The van der Waals surface area contributed by atoms with Gasteiger partial charge in [-0.1, -0.05) is 50.8 Å². The maximum Gasteiger partial charge on any atom is 0.326 e. The lowest BCUT2D eigenvalue weighted by Crippen LogP contribution is -2.62. The number of benzene rings is 1. The number of carbonyl (C=O) groups is 3. The number of hydrogen-bond acceptors (Lipinski definition) is 3. The lowest BCUT2D eigenvalue weighted by molar-refractivity contribution is -0.159. The van der Waals surface area contributed by atoms with Gasteiger partial charge >= 0.3 is 5.97 Å². The van der Waals surface area contributed by atoms with E-state index in [9.17, 15) is 19.5 Å². The van der Waals surface area contributed by atoms with E-state index in [1.54, 1.807) is 0 Å². The first-order valence-corrected chi connectivity index (χ1v) is 8.85. The molecule has 0 spiro atoms. The van der Waals surface area contributed by atoms with Crippen molar-refractivity contribution in [3.05, 3.63) is 48.6 Å². The summed E-state index contributed by atoms with van der Waals surface area (Å²) < 4.78 is 0. The van der Waals surface area contributed by atoms with Crippen molar-refractivity contribution in [1.82, 2.24) is 9.80 Å². The molecule has 6 heteroatoms. The smallest absolute Gasteiger partial charge is 0.326 e. The summed E-state index contributed by atoms with van der Waals surface area (Å²) >= 11 is 0. The third kappa shape index (κ3) is 4.50. The van der Waals surface area contributed by atoms with E-state index in [1.807, 2.05) is 44.2 Å².